The lowest BCUT2D eigenvalue weighted by Gasteiger charge is -2.14. The summed E-state index contributed by atoms with van der Waals surface area (Å²) in [5, 5.41) is 20.3. The molecule has 0 atom stereocenters. The Balaban J connectivity index is 1.47. The monoisotopic (exact) mass is 533 g/mol. The van der Waals surface area contributed by atoms with Crippen molar-refractivity contribution in [1.29, 1.82) is 5.41 Å². The molecule has 1 aromatic carbocycles. The van der Waals surface area contributed by atoms with Crippen LogP contribution in [0.1, 0.15) is 22.3 Å². The molecule has 0 saturated carbocycles. The summed E-state index contributed by atoms with van der Waals surface area (Å²) in [6.07, 6.45) is 2.21. The summed E-state index contributed by atoms with van der Waals surface area (Å²) in [5.41, 5.74) is 1.67. The van der Waals surface area contributed by atoms with Crippen LogP contribution in [0.4, 0.5) is 5.13 Å². The first kappa shape index (κ1) is 24.8. The van der Waals surface area contributed by atoms with Crippen molar-refractivity contribution in [2.24, 2.45) is 0 Å². The quantitative estimate of drug-likeness (QED) is 0.128. The van der Waals surface area contributed by atoms with Crippen LogP contribution in [0.2, 0.25) is 0 Å². The SMILES string of the molecule is COCCCn1c(=N)c(C(=O)Nc2nnc(SCc3ccccc3)s2)cc2c(=O)n3ccccc3nc21. The van der Waals surface area contributed by atoms with E-state index in [1.807, 2.05) is 30.3 Å². The van der Waals surface area contributed by atoms with Gasteiger partial charge in [-0.3, -0.25) is 24.7 Å². The number of benzene rings is 1. The molecule has 12 heteroatoms. The van der Waals surface area contributed by atoms with Crippen molar-refractivity contribution >= 4 is 50.8 Å². The summed E-state index contributed by atoms with van der Waals surface area (Å²) in [4.78, 5) is 31.2. The molecule has 1 amide bonds. The minimum Gasteiger partial charge on any atom is -0.385 e. The Hall–Kier alpha value is -3.87. The highest BCUT2D eigenvalue weighted by molar-refractivity contribution is 8.00. The molecule has 0 spiro atoms. The molecule has 188 valence electrons. The fourth-order valence-corrected chi connectivity index (χ4v) is 5.55. The lowest BCUT2D eigenvalue weighted by Crippen LogP contribution is -2.32. The highest BCUT2D eigenvalue weighted by Crippen LogP contribution is 2.28. The van der Waals surface area contributed by atoms with Crippen LogP contribution in [0, 0.1) is 5.41 Å². The number of hydrogen-bond donors (Lipinski definition) is 2. The summed E-state index contributed by atoms with van der Waals surface area (Å²) >= 11 is 2.78. The number of nitrogens with zero attached hydrogens (tertiary/aromatic N) is 5. The third-order valence-electron chi connectivity index (χ3n) is 5.63. The third-order valence-corrected chi connectivity index (χ3v) is 7.67. The van der Waals surface area contributed by atoms with Gasteiger partial charge in [0, 0.05) is 32.2 Å². The fraction of sp³-hybridized carbons (Fsp3) is 0.200. The Morgan fingerprint density at radius 2 is 1.97 bits per heavy atom. The first-order chi connectivity index (χ1) is 18.0. The number of nitrogens with one attached hydrogen (secondary N) is 2. The van der Waals surface area contributed by atoms with Gasteiger partial charge in [-0.25, -0.2) is 4.98 Å². The average molecular weight is 534 g/mol. The molecule has 0 aliphatic heterocycles. The summed E-state index contributed by atoms with van der Waals surface area (Å²) in [6, 6.07) is 16.7. The Morgan fingerprint density at radius 1 is 1.16 bits per heavy atom. The number of aromatic nitrogens is 5. The average Bonchev–Trinajstić information content (AvgIpc) is 3.36. The van der Waals surface area contributed by atoms with E-state index in [4.69, 9.17) is 10.1 Å². The normalized spacial score (nSPS) is 11.3. The predicted octanol–water partition coefficient (Wildman–Crippen LogP) is 3.56. The maximum Gasteiger partial charge on any atom is 0.267 e. The number of carbonyl (C=O) groups excluding carboxylic acids is 1. The first-order valence-corrected chi connectivity index (χ1v) is 13.3. The second kappa shape index (κ2) is 11.0. The van der Waals surface area contributed by atoms with E-state index in [-0.39, 0.29) is 22.0 Å². The zero-order valence-corrected chi connectivity index (χ0v) is 21.5. The van der Waals surface area contributed by atoms with Crippen LogP contribution in [0.3, 0.4) is 0 Å². The Labute approximate surface area is 219 Å². The van der Waals surface area contributed by atoms with E-state index in [1.165, 1.54) is 33.6 Å². The van der Waals surface area contributed by atoms with Gasteiger partial charge in [-0.05, 0) is 30.2 Å². The van der Waals surface area contributed by atoms with Gasteiger partial charge in [-0.1, -0.05) is 59.5 Å². The van der Waals surface area contributed by atoms with Crippen molar-refractivity contribution in [1.82, 2.24) is 24.1 Å². The van der Waals surface area contributed by atoms with Crippen LogP contribution in [-0.2, 0) is 17.0 Å². The summed E-state index contributed by atoms with van der Waals surface area (Å²) in [6.45, 7) is 0.823. The zero-order valence-electron chi connectivity index (χ0n) is 19.9. The predicted molar refractivity (Wildman–Crippen MR) is 143 cm³/mol. The van der Waals surface area contributed by atoms with E-state index < -0.39 is 5.91 Å². The van der Waals surface area contributed by atoms with E-state index >= 15 is 0 Å². The van der Waals surface area contributed by atoms with Crippen LogP contribution < -0.4 is 16.4 Å². The lowest BCUT2D eigenvalue weighted by molar-refractivity contribution is 0.102. The molecule has 10 nitrogen and oxygen atoms in total. The van der Waals surface area contributed by atoms with E-state index in [0.29, 0.717) is 40.3 Å². The van der Waals surface area contributed by atoms with Gasteiger partial charge in [0.1, 0.15) is 16.8 Å². The van der Waals surface area contributed by atoms with E-state index in [2.05, 4.69) is 20.5 Å². The number of fused-ring (bicyclic) bond motifs is 2. The van der Waals surface area contributed by atoms with Gasteiger partial charge >= 0.3 is 0 Å². The van der Waals surface area contributed by atoms with Gasteiger partial charge < -0.3 is 9.30 Å². The van der Waals surface area contributed by atoms with Gasteiger partial charge in [-0.15, -0.1) is 10.2 Å². The standard InChI is InChI=1S/C25H23N7O3S2/c1-35-13-7-12-32-20(26)17(14-18-21(32)27-19-10-5-6-11-31(19)23(18)34)22(33)28-24-29-30-25(37-24)36-15-16-8-3-2-4-9-16/h2-6,8-11,14,26H,7,12-13,15H2,1H3,(H,28,29,33). The van der Waals surface area contributed by atoms with Crippen LogP contribution in [0.5, 0.6) is 0 Å². The number of anilines is 1. The molecule has 0 fully saturated rings. The van der Waals surface area contributed by atoms with E-state index in [9.17, 15) is 9.59 Å². The van der Waals surface area contributed by atoms with Crippen molar-refractivity contribution in [3.05, 3.63) is 87.8 Å². The maximum absolute atomic E-state index is 13.3. The fourth-order valence-electron chi connectivity index (χ4n) is 3.85. The Morgan fingerprint density at radius 3 is 2.78 bits per heavy atom. The third kappa shape index (κ3) is 5.31. The molecule has 0 unspecified atom stereocenters. The van der Waals surface area contributed by atoms with Crippen LogP contribution in [-0.4, -0.2) is 43.8 Å². The smallest absolute Gasteiger partial charge is 0.267 e. The van der Waals surface area contributed by atoms with E-state index in [0.717, 1.165) is 11.3 Å². The largest absolute Gasteiger partial charge is 0.385 e. The number of rotatable bonds is 9. The maximum atomic E-state index is 13.3. The number of hydrogen-bond acceptors (Lipinski definition) is 9. The van der Waals surface area contributed by atoms with Crippen molar-refractivity contribution in [2.45, 2.75) is 23.1 Å². The number of methoxy groups -OCH3 is 1. The number of amides is 1. The molecular formula is C25H23N7O3S2. The number of carbonyl (C=O) groups is 1. The summed E-state index contributed by atoms with van der Waals surface area (Å²) < 4.78 is 8.88. The number of thioether (sulfide) groups is 1. The van der Waals surface area contributed by atoms with Gasteiger partial charge in [0.15, 0.2) is 4.34 Å². The minimum atomic E-state index is -0.541. The Bertz CT molecular complexity index is 1700. The van der Waals surface area contributed by atoms with E-state index in [1.54, 1.807) is 36.1 Å². The molecule has 37 heavy (non-hydrogen) atoms. The van der Waals surface area contributed by atoms with Crippen molar-refractivity contribution in [3.8, 4) is 0 Å². The minimum absolute atomic E-state index is 0.0449. The molecule has 5 aromatic rings. The van der Waals surface area contributed by atoms with Gasteiger partial charge in [-0.2, -0.15) is 0 Å². The zero-order chi connectivity index (χ0) is 25.8. The summed E-state index contributed by atoms with van der Waals surface area (Å²) in [5.74, 6) is 0.192. The highest BCUT2D eigenvalue weighted by Gasteiger charge is 2.19. The first-order valence-electron chi connectivity index (χ1n) is 11.4. The van der Waals surface area contributed by atoms with Crippen LogP contribution in [0.15, 0.2) is 69.9 Å². The number of aryl methyl sites for hydroxylation is 1. The van der Waals surface area contributed by atoms with Gasteiger partial charge in [0.2, 0.25) is 5.13 Å². The highest BCUT2D eigenvalue weighted by atomic mass is 32.2. The number of ether oxygens (including phenoxy) is 1. The second-order valence-electron chi connectivity index (χ2n) is 8.09. The topological polar surface area (TPSA) is 127 Å². The molecule has 2 N–H and O–H groups in total. The lowest BCUT2D eigenvalue weighted by atomic mass is 10.2. The van der Waals surface area contributed by atoms with Crippen LogP contribution in [0.25, 0.3) is 16.7 Å². The molecule has 4 aromatic heterocycles. The van der Waals surface area contributed by atoms with Crippen molar-refractivity contribution in [3.63, 3.8) is 0 Å². The Kier molecular flexibility index (Phi) is 7.40. The van der Waals surface area contributed by atoms with Gasteiger partial charge in [0.05, 0.1) is 10.9 Å². The molecule has 0 saturated heterocycles. The number of pyridine rings is 2. The molecule has 4 heterocycles. The van der Waals surface area contributed by atoms with Crippen LogP contribution >= 0.6 is 23.1 Å². The summed E-state index contributed by atoms with van der Waals surface area (Å²) in [7, 11) is 1.60. The molecule has 5 rings (SSSR count). The van der Waals surface area contributed by atoms with Crippen molar-refractivity contribution < 1.29 is 9.53 Å². The molecule has 0 bridgehead atoms. The molecular weight excluding hydrogens is 510 g/mol. The molecule has 0 aliphatic rings. The molecule has 0 radical (unpaired) electrons. The molecule has 0 aliphatic carbocycles. The van der Waals surface area contributed by atoms with Gasteiger partial charge in [0.25, 0.3) is 11.5 Å². The second-order valence-corrected chi connectivity index (χ2v) is 10.3. The van der Waals surface area contributed by atoms with Crippen molar-refractivity contribution in [2.75, 3.05) is 19.0 Å².